The van der Waals surface area contributed by atoms with Crippen molar-refractivity contribution in [2.24, 2.45) is 0 Å². The van der Waals surface area contributed by atoms with E-state index in [1.807, 2.05) is 18.0 Å². The molecule has 1 fully saturated rings. The summed E-state index contributed by atoms with van der Waals surface area (Å²) in [6, 6.07) is 3.68. The normalized spacial score (nSPS) is 16.4. The SMILES string of the molecule is CNc1ccc(C(=O)N2CCCCCC2)nc1. The van der Waals surface area contributed by atoms with Crippen LogP contribution in [0.3, 0.4) is 0 Å². The number of amides is 1. The van der Waals surface area contributed by atoms with Gasteiger partial charge >= 0.3 is 0 Å². The third-order valence-electron chi connectivity index (χ3n) is 3.16. The lowest BCUT2D eigenvalue weighted by Gasteiger charge is -2.19. The summed E-state index contributed by atoms with van der Waals surface area (Å²) in [6.07, 6.45) is 6.39. The summed E-state index contributed by atoms with van der Waals surface area (Å²) in [5, 5.41) is 3.00. The van der Waals surface area contributed by atoms with Crippen molar-refractivity contribution in [3.8, 4) is 0 Å². The molecule has 0 spiro atoms. The standard InChI is InChI=1S/C13H19N3O/c1-14-11-6-7-12(15-10-11)13(17)16-8-4-2-3-5-9-16/h6-7,10,14H,2-5,8-9H2,1H3. The van der Waals surface area contributed by atoms with E-state index in [-0.39, 0.29) is 5.91 Å². The van der Waals surface area contributed by atoms with Crippen LogP contribution in [0.5, 0.6) is 0 Å². The zero-order chi connectivity index (χ0) is 12.1. The van der Waals surface area contributed by atoms with E-state index in [1.54, 1.807) is 12.3 Å². The van der Waals surface area contributed by atoms with E-state index in [0.717, 1.165) is 31.6 Å². The van der Waals surface area contributed by atoms with Gasteiger partial charge in [-0.25, -0.2) is 4.98 Å². The van der Waals surface area contributed by atoms with Gasteiger partial charge in [-0.1, -0.05) is 12.8 Å². The lowest BCUT2D eigenvalue weighted by atomic mass is 10.2. The number of pyridine rings is 1. The number of hydrogen-bond donors (Lipinski definition) is 1. The fourth-order valence-electron chi connectivity index (χ4n) is 2.10. The second-order valence-corrected chi connectivity index (χ2v) is 4.39. The molecule has 0 atom stereocenters. The van der Waals surface area contributed by atoms with Crippen molar-refractivity contribution in [2.75, 3.05) is 25.5 Å². The molecule has 92 valence electrons. The quantitative estimate of drug-likeness (QED) is 0.851. The topological polar surface area (TPSA) is 45.2 Å². The van der Waals surface area contributed by atoms with Gasteiger partial charge in [0.2, 0.25) is 0 Å². The Hall–Kier alpha value is -1.58. The Morgan fingerprint density at radius 2 is 1.94 bits per heavy atom. The van der Waals surface area contributed by atoms with Gasteiger partial charge in [-0.05, 0) is 25.0 Å². The van der Waals surface area contributed by atoms with Crippen molar-refractivity contribution < 1.29 is 4.79 Å². The van der Waals surface area contributed by atoms with Crippen molar-refractivity contribution in [1.29, 1.82) is 0 Å². The second-order valence-electron chi connectivity index (χ2n) is 4.39. The summed E-state index contributed by atoms with van der Waals surface area (Å²) < 4.78 is 0. The number of aromatic nitrogens is 1. The molecule has 4 nitrogen and oxygen atoms in total. The van der Waals surface area contributed by atoms with Crippen LogP contribution >= 0.6 is 0 Å². The summed E-state index contributed by atoms with van der Waals surface area (Å²) >= 11 is 0. The lowest BCUT2D eigenvalue weighted by Crippen LogP contribution is -2.32. The summed E-state index contributed by atoms with van der Waals surface area (Å²) in [5.41, 5.74) is 1.48. The second kappa shape index (κ2) is 5.66. The van der Waals surface area contributed by atoms with Crippen LogP contribution < -0.4 is 5.32 Å². The van der Waals surface area contributed by atoms with Gasteiger partial charge in [-0.15, -0.1) is 0 Å². The molecule has 1 aromatic rings. The van der Waals surface area contributed by atoms with Gasteiger partial charge in [0.25, 0.3) is 5.91 Å². The van der Waals surface area contributed by atoms with Crippen LogP contribution in [0.2, 0.25) is 0 Å². The molecule has 17 heavy (non-hydrogen) atoms. The first-order chi connectivity index (χ1) is 8.31. The van der Waals surface area contributed by atoms with Crippen LogP contribution in [0.15, 0.2) is 18.3 Å². The van der Waals surface area contributed by atoms with Crippen LogP contribution in [-0.4, -0.2) is 35.9 Å². The van der Waals surface area contributed by atoms with Gasteiger partial charge in [0.15, 0.2) is 0 Å². The van der Waals surface area contributed by atoms with Gasteiger partial charge in [-0.3, -0.25) is 4.79 Å². The molecular weight excluding hydrogens is 214 g/mol. The molecular formula is C13H19N3O. The first kappa shape index (κ1) is 11.9. The van der Waals surface area contributed by atoms with E-state index in [9.17, 15) is 4.79 Å². The summed E-state index contributed by atoms with van der Waals surface area (Å²) in [5.74, 6) is 0.0644. The number of nitrogens with one attached hydrogen (secondary N) is 1. The van der Waals surface area contributed by atoms with Crippen molar-refractivity contribution in [2.45, 2.75) is 25.7 Å². The van der Waals surface area contributed by atoms with E-state index in [0.29, 0.717) is 5.69 Å². The maximum atomic E-state index is 12.2. The van der Waals surface area contributed by atoms with Crippen LogP contribution in [0.1, 0.15) is 36.2 Å². The lowest BCUT2D eigenvalue weighted by molar-refractivity contribution is 0.0756. The maximum Gasteiger partial charge on any atom is 0.272 e. The molecule has 1 aliphatic heterocycles. The van der Waals surface area contributed by atoms with Crippen molar-refractivity contribution in [3.05, 3.63) is 24.0 Å². The Balaban J connectivity index is 2.06. The Morgan fingerprint density at radius 3 is 2.47 bits per heavy atom. The number of carbonyl (C=O) groups is 1. The molecule has 0 radical (unpaired) electrons. The Labute approximate surface area is 102 Å². The van der Waals surface area contributed by atoms with Gasteiger partial charge in [-0.2, -0.15) is 0 Å². The molecule has 0 aliphatic carbocycles. The minimum absolute atomic E-state index is 0.0644. The predicted octanol–water partition coefficient (Wildman–Crippen LogP) is 2.14. The Morgan fingerprint density at radius 1 is 1.24 bits per heavy atom. The highest BCUT2D eigenvalue weighted by Crippen LogP contribution is 2.13. The highest BCUT2D eigenvalue weighted by molar-refractivity contribution is 5.92. The summed E-state index contributed by atoms with van der Waals surface area (Å²) in [4.78, 5) is 18.3. The van der Waals surface area contributed by atoms with Crippen LogP contribution in [0, 0.1) is 0 Å². The molecule has 1 amide bonds. The molecule has 1 aromatic heterocycles. The number of rotatable bonds is 2. The largest absolute Gasteiger partial charge is 0.387 e. The highest BCUT2D eigenvalue weighted by atomic mass is 16.2. The Bertz CT molecular complexity index is 367. The Kier molecular flexibility index (Phi) is 3.96. The number of likely N-dealkylation sites (tertiary alicyclic amines) is 1. The van der Waals surface area contributed by atoms with E-state index < -0.39 is 0 Å². The number of carbonyl (C=O) groups excluding carboxylic acids is 1. The van der Waals surface area contributed by atoms with Crippen LogP contribution in [0.4, 0.5) is 5.69 Å². The first-order valence-corrected chi connectivity index (χ1v) is 6.24. The van der Waals surface area contributed by atoms with Crippen molar-refractivity contribution in [1.82, 2.24) is 9.88 Å². The monoisotopic (exact) mass is 233 g/mol. The van der Waals surface area contributed by atoms with Crippen molar-refractivity contribution in [3.63, 3.8) is 0 Å². The molecule has 2 heterocycles. The van der Waals surface area contributed by atoms with Crippen molar-refractivity contribution >= 4 is 11.6 Å². The average Bonchev–Trinajstić information content (AvgIpc) is 2.67. The molecule has 0 aromatic carbocycles. The molecule has 1 saturated heterocycles. The van der Waals surface area contributed by atoms with Crippen LogP contribution in [-0.2, 0) is 0 Å². The van der Waals surface area contributed by atoms with Gasteiger partial charge in [0, 0.05) is 20.1 Å². The number of nitrogens with zero attached hydrogens (tertiary/aromatic N) is 2. The van der Waals surface area contributed by atoms with Gasteiger partial charge in [0.05, 0.1) is 11.9 Å². The molecule has 0 unspecified atom stereocenters. The third-order valence-corrected chi connectivity index (χ3v) is 3.16. The molecule has 0 bridgehead atoms. The summed E-state index contributed by atoms with van der Waals surface area (Å²) in [7, 11) is 1.84. The minimum Gasteiger partial charge on any atom is -0.387 e. The average molecular weight is 233 g/mol. The zero-order valence-corrected chi connectivity index (χ0v) is 10.3. The molecule has 0 saturated carbocycles. The summed E-state index contributed by atoms with van der Waals surface area (Å²) in [6.45, 7) is 1.74. The van der Waals surface area contributed by atoms with Crippen LogP contribution in [0.25, 0.3) is 0 Å². The third kappa shape index (κ3) is 2.96. The van der Waals surface area contributed by atoms with Gasteiger partial charge in [0.1, 0.15) is 5.69 Å². The van der Waals surface area contributed by atoms with E-state index in [4.69, 9.17) is 0 Å². The minimum atomic E-state index is 0.0644. The predicted molar refractivity (Wildman–Crippen MR) is 68.2 cm³/mol. The number of anilines is 1. The first-order valence-electron chi connectivity index (χ1n) is 6.24. The number of hydrogen-bond acceptors (Lipinski definition) is 3. The molecule has 1 N–H and O–H groups in total. The fraction of sp³-hybridized carbons (Fsp3) is 0.538. The highest BCUT2D eigenvalue weighted by Gasteiger charge is 2.17. The van der Waals surface area contributed by atoms with Gasteiger partial charge < -0.3 is 10.2 Å². The maximum absolute atomic E-state index is 12.2. The molecule has 4 heteroatoms. The smallest absolute Gasteiger partial charge is 0.272 e. The fourth-order valence-corrected chi connectivity index (χ4v) is 2.10. The molecule has 1 aliphatic rings. The van der Waals surface area contributed by atoms with E-state index in [2.05, 4.69) is 10.3 Å². The van der Waals surface area contributed by atoms with E-state index >= 15 is 0 Å². The van der Waals surface area contributed by atoms with E-state index in [1.165, 1.54) is 12.8 Å². The molecule has 2 rings (SSSR count). The zero-order valence-electron chi connectivity index (χ0n) is 10.3.